The fourth-order valence-electron chi connectivity index (χ4n) is 3.15. The lowest BCUT2D eigenvalue weighted by Crippen LogP contribution is -2.38. The van der Waals surface area contributed by atoms with Crippen LogP contribution < -0.4 is 10.2 Å². The molecule has 0 bridgehead atoms. The van der Waals surface area contributed by atoms with E-state index in [4.69, 9.17) is 4.74 Å². The Morgan fingerprint density at radius 3 is 2.77 bits per heavy atom. The zero-order valence-electron chi connectivity index (χ0n) is 14.4. The number of amides is 4. The van der Waals surface area contributed by atoms with Crippen molar-refractivity contribution in [2.24, 2.45) is 0 Å². The molecule has 1 aromatic rings. The predicted molar refractivity (Wildman–Crippen MR) is 92.4 cm³/mol. The summed E-state index contributed by atoms with van der Waals surface area (Å²) in [6, 6.07) is 7.27. The van der Waals surface area contributed by atoms with Crippen molar-refractivity contribution in [1.29, 1.82) is 0 Å². The first-order valence-electron chi connectivity index (χ1n) is 8.68. The number of nitrogens with zero attached hydrogens (tertiary/aromatic N) is 2. The normalized spacial score (nSPS) is 16.3. The van der Waals surface area contributed by atoms with Crippen LogP contribution in [0.5, 0.6) is 0 Å². The van der Waals surface area contributed by atoms with Crippen LogP contribution >= 0.6 is 0 Å². The molecule has 0 radical (unpaired) electrons. The van der Waals surface area contributed by atoms with Gasteiger partial charge in [0.25, 0.3) is 5.91 Å². The number of hydrogen-bond donors (Lipinski definition) is 1. The molecule has 0 atom stereocenters. The fourth-order valence-corrected chi connectivity index (χ4v) is 3.15. The van der Waals surface area contributed by atoms with E-state index in [1.807, 2.05) is 24.3 Å². The number of fused-ring (bicyclic) bond motifs is 1. The van der Waals surface area contributed by atoms with Crippen LogP contribution in [0, 0.1) is 0 Å². The van der Waals surface area contributed by atoms with E-state index in [-0.39, 0.29) is 37.9 Å². The summed E-state index contributed by atoms with van der Waals surface area (Å²) in [4.78, 5) is 49.7. The minimum Gasteiger partial charge on any atom is -0.456 e. The van der Waals surface area contributed by atoms with Gasteiger partial charge >= 0.3 is 12.0 Å². The molecule has 0 spiro atoms. The predicted octanol–water partition coefficient (Wildman–Crippen LogP) is 0.841. The molecule has 0 aliphatic carbocycles. The van der Waals surface area contributed by atoms with E-state index in [0.29, 0.717) is 13.0 Å². The van der Waals surface area contributed by atoms with Crippen molar-refractivity contribution in [3.05, 3.63) is 29.8 Å². The van der Waals surface area contributed by atoms with Gasteiger partial charge in [-0.1, -0.05) is 18.2 Å². The van der Waals surface area contributed by atoms with Crippen molar-refractivity contribution in [3.8, 4) is 0 Å². The average Bonchev–Trinajstić information content (AvgIpc) is 2.97. The third kappa shape index (κ3) is 4.01. The number of benzene rings is 1. The van der Waals surface area contributed by atoms with Crippen LogP contribution in [0.2, 0.25) is 0 Å². The molecule has 0 unspecified atom stereocenters. The maximum Gasteiger partial charge on any atom is 0.324 e. The molecule has 0 aromatic heterocycles. The van der Waals surface area contributed by atoms with Gasteiger partial charge in [0.15, 0.2) is 6.61 Å². The van der Waals surface area contributed by atoms with E-state index >= 15 is 0 Å². The minimum atomic E-state index is -0.518. The van der Waals surface area contributed by atoms with Crippen molar-refractivity contribution in [2.45, 2.75) is 25.7 Å². The number of urea groups is 1. The highest BCUT2D eigenvalue weighted by atomic mass is 16.5. The molecule has 1 fully saturated rings. The molecule has 8 nitrogen and oxygen atoms in total. The second-order valence-electron chi connectivity index (χ2n) is 6.25. The number of anilines is 1. The van der Waals surface area contributed by atoms with Gasteiger partial charge < -0.3 is 15.0 Å². The lowest BCUT2D eigenvalue weighted by Gasteiger charge is -2.29. The zero-order chi connectivity index (χ0) is 18.5. The summed E-state index contributed by atoms with van der Waals surface area (Å²) >= 11 is 0. The average molecular weight is 359 g/mol. The Kier molecular flexibility index (Phi) is 5.50. The van der Waals surface area contributed by atoms with E-state index in [9.17, 15) is 19.2 Å². The Labute approximate surface area is 151 Å². The van der Waals surface area contributed by atoms with Crippen molar-refractivity contribution in [1.82, 2.24) is 10.2 Å². The lowest BCUT2D eigenvalue weighted by atomic mass is 10.0. The Balaban J connectivity index is 1.43. The summed E-state index contributed by atoms with van der Waals surface area (Å²) < 4.78 is 5.06. The number of rotatable bonds is 6. The highest BCUT2D eigenvalue weighted by molar-refractivity contribution is 6.02. The van der Waals surface area contributed by atoms with Gasteiger partial charge in [0.1, 0.15) is 0 Å². The van der Waals surface area contributed by atoms with Gasteiger partial charge in [0.2, 0.25) is 5.91 Å². The van der Waals surface area contributed by atoms with Gasteiger partial charge in [0.05, 0.1) is 6.54 Å². The van der Waals surface area contributed by atoms with Crippen LogP contribution in [0.25, 0.3) is 0 Å². The molecule has 26 heavy (non-hydrogen) atoms. The van der Waals surface area contributed by atoms with E-state index in [0.717, 1.165) is 29.0 Å². The SMILES string of the molecule is O=C(CCCN1C(=O)CNC1=O)OCC(=O)N1CCCc2ccccc21. The number of esters is 1. The van der Waals surface area contributed by atoms with E-state index in [2.05, 4.69) is 5.32 Å². The number of carbonyl (C=O) groups is 4. The van der Waals surface area contributed by atoms with Gasteiger partial charge in [-0.25, -0.2) is 4.79 Å². The van der Waals surface area contributed by atoms with Crippen molar-refractivity contribution < 1.29 is 23.9 Å². The maximum absolute atomic E-state index is 12.4. The lowest BCUT2D eigenvalue weighted by molar-refractivity contribution is -0.148. The first-order chi connectivity index (χ1) is 12.6. The number of ether oxygens (including phenoxy) is 1. The molecule has 2 heterocycles. The first-order valence-corrected chi connectivity index (χ1v) is 8.68. The number of imide groups is 1. The standard InChI is InChI=1S/C18H21N3O5/c22-15-11-19-18(25)21(15)10-4-8-17(24)26-12-16(23)20-9-3-6-13-5-1-2-7-14(13)20/h1-2,5,7H,3-4,6,8-12H2,(H,19,25). The molecule has 2 aliphatic heterocycles. The number of hydrogen-bond acceptors (Lipinski definition) is 5. The van der Waals surface area contributed by atoms with Crippen LogP contribution in [-0.4, -0.2) is 55.0 Å². The molecule has 0 saturated carbocycles. The van der Waals surface area contributed by atoms with Crippen LogP contribution in [0.3, 0.4) is 0 Å². The smallest absolute Gasteiger partial charge is 0.324 e. The largest absolute Gasteiger partial charge is 0.456 e. The summed E-state index contributed by atoms with van der Waals surface area (Å²) in [5.74, 6) is -1.07. The first kappa shape index (κ1) is 17.9. The van der Waals surface area contributed by atoms with Crippen LogP contribution in [0.4, 0.5) is 10.5 Å². The number of aryl methyl sites for hydroxylation is 1. The summed E-state index contributed by atoms with van der Waals surface area (Å²) in [5, 5.41) is 2.41. The van der Waals surface area contributed by atoms with Gasteiger partial charge in [-0.15, -0.1) is 0 Å². The van der Waals surface area contributed by atoms with Crippen molar-refractivity contribution >= 4 is 29.5 Å². The molecule has 2 aliphatic rings. The Bertz CT molecular complexity index is 717. The van der Waals surface area contributed by atoms with Crippen LogP contribution in [-0.2, 0) is 25.5 Å². The van der Waals surface area contributed by atoms with Crippen molar-refractivity contribution in [2.75, 3.05) is 31.1 Å². The third-order valence-corrected chi connectivity index (χ3v) is 4.47. The monoisotopic (exact) mass is 359 g/mol. The third-order valence-electron chi connectivity index (χ3n) is 4.47. The molecule has 4 amide bonds. The Hall–Kier alpha value is -2.90. The zero-order valence-corrected chi connectivity index (χ0v) is 14.4. The van der Waals surface area contributed by atoms with E-state index < -0.39 is 12.0 Å². The molecule has 8 heteroatoms. The number of carbonyl (C=O) groups excluding carboxylic acids is 4. The Morgan fingerprint density at radius 2 is 2.00 bits per heavy atom. The van der Waals surface area contributed by atoms with Gasteiger partial charge in [-0.3, -0.25) is 19.3 Å². The summed E-state index contributed by atoms with van der Waals surface area (Å²) in [6.45, 7) is 0.457. The van der Waals surface area contributed by atoms with Crippen molar-refractivity contribution in [3.63, 3.8) is 0 Å². The highest BCUT2D eigenvalue weighted by Crippen LogP contribution is 2.26. The summed E-state index contributed by atoms with van der Waals surface area (Å²) in [6.07, 6.45) is 2.16. The van der Waals surface area contributed by atoms with Gasteiger partial charge in [-0.05, 0) is 30.9 Å². The second kappa shape index (κ2) is 7.99. The van der Waals surface area contributed by atoms with Crippen LogP contribution in [0.1, 0.15) is 24.8 Å². The number of para-hydroxylation sites is 1. The highest BCUT2D eigenvalue weighted by Gasteiger charge is 2.28. The fraction of sp³-hybridized carbons (Fsp3) is 0.444. The van der Waals surface area contributed by atoms with Crippen LogP contribution in [0.15, 0.2) is 24.3 Å². The molecule has 1 saturated heterocycles. The Morgan fingerprint density at radius 1 is 1.19 bits per heavy atom. The quantitative estimate of drug-likeness (QED) is 0.600. The van der Waals surface area contributed by atoms with Gasteiger partial charge in [0, 0.05) is 25.2 Å². The number of nitrogens with one attached hydrogen (secondary N) is 1. The molecular weight excluding hydrogens is 338 g/mol. The maximum atomic E-state index is 12.4. The molecule has 3 rings (SSSR count). The molecular formula is C18H21N3O5. The molecule has 1 aromatic carbocycles. The summed E-state index contributed by atoms with van der Waals surface area (Å²) in [5.41, 5.74) is 1.99. The topological polar surface area (TPSA) is 96.0 Å². The van der Waals surface area contributed by atoms with Gasteiger partial charge in [-0.2, -0.15) is 0 Å². The van der Waals surface area contributed by atoms with E-state index in [1.165, 1.54) is 0 Å². The second-order valence-corrected chi connectivity index (χ2v) is 6.25. The molecule has 138 valence electrons. The van der Waals surface area contributed by atoms with E-state index in [1.54, 1.807) is 4.90 Å². The summed E-state index contributed by atoms with van der Waals surface area (Å²) in [7, 11) is 0. The molecule has 1 N–H and O–H groups in total. The minimum absolute atomic E-state index is 0.00487.